The van der Waals surface area contributed by atoms with Gasteiger partial charge in [-0.25, -0.2) is 13.2 Å². The minimum absolute atomic E-state index is 0.114. The lowest BCUT2D eigenvalue weighted by Gasteiger charge is -2.12. The molecular weight excluding hydrogens is 319 g/mol. The van der Waals surface area contributed by atoms with Crippen LogP contribution in [0.15, 0.2) is 41.8 Å². The van der Waals surface area contributed by atoms with E-state index in [2.05, 4.69) is 24.5 Å². The van der Waals surface area contributed by atoms with E-state index in [1.54, 1.807) is 12.1 Å². The fraction of sp³-hybridized carbons (Fsp3) is 0.222. The molecule has 0 aromatic heterocycles. The van der Waals surface area contributed by atoms with Gasteiger partial charge in [0.2, 0.25) is 0 Å². The summed E-state index contributed by atoms with van der Waals surface area (Å²) in [4.78, 5) is -0.368. The molecule has 1 nitrogen and oxygen atoms in total. The predicted octanol–water partition coefficient (Wildman–Crippen LogP) is 4.85. The zero-order chi connectivity index (χ0) is 17.6. The Bertz CT molecular complexity index is 682. The highest BCUT2D eigenvalue weighted by Crippen LogP contribution is 2.32. The molecule has 0 bridgehead atoms. The Balaban J connectivity index is 0.000000816. The molecule has 5 heteroatoms. The van der Waals surface area contributed by atoms with Crippen LogP contribution in [0, 0.1) is 17.5 Å². The summed E-state index contributed by atoms with van der Waals surface area (Å²) in [5, 5.41) is 2.75. The van der Waals surface area contributed by atoms with Crippen LogP contribution < -0.4 is 5.32 Å². The maximum atomic E-state index is 13.9. The number of nitrogens with one attached hydrogen (secondary N) is 1. The highest BCUT2D eigenvalue weighted by atomic mass is 32.1. The normalized spacial score (nSPS) is 10.0. The Morgan fingerprint density at radius 2 is 1.61 bits per heavy atom. The van der Waals surface area contributed by atoms with Crippen molar-refractivity contribution in [2.45, 2.75) is 18.2 Å². The van der Waals surface area contributed by atoms with Gasteiger partial charge in [-0.2, -0.15) is 0 Å². The molecule has 2 aromatic rings. The van der Waals surface area contributed by atoms with Crippen LogP contribution in [0.1, 0.15) is 23.6 Å². The lowest BCUT2D eigenvalue weighted by Crippen LogP contribution is -1.99. The van der Waals surface area contributed by atoms with Gasteiger partial charge < -0.3 is 5.32 Å². The van der Waals surface area contributed by atoms with Gasteiger partial charge in [0.25, 0.3) is 0 Å². The SMILES string of the molecule is C=C(c1ccc(CC)cc1)c1c(F)cc(F)c(F)c1S.CNC. The topological polar surface area (TPSA) is 12.0 Å². The monoisotopic (exact) mass is 339 g/mol. The molecule has 0 aliphatic rings. The molecule has 0 aliphatic carbocycles. The number of benzene rings is 2. The molecule has 23 heavy (non-hydrogen) atoms. The molecule has 0 spiro atoms. The van der Waals surface area contributed by atoms with Crippen LogP contribution in [-0.2, 0) is 6.42 Å². The molecule has 2 aromatic carbocycles. The smallest absolute Gasteiger partial charge is 0.172 e. The van der Waals surface area contributed by atoms with Crippen molar-refractivity contribution in [3.05, 3.63) is 71.1 Å². The van der Waals surface area contributed by atoms with E-state index in [4.69, 9.17) is 0 Å². The third-order valence-corrected chi connectivity index (χ3v) is 3.58. The van der Waals surface area contributed by atoms with E-state index in [1.807, 2.05) is 33.2 Å². The molecule has 0 saturated carbocycles. The summed E-state index contributed by atoms with van der Waals surface area (Å²) in [5.74, 6) is -3.31. The van der Waals surface area contributed by atoms with Crippen LogP contribution in [0.4, 0.5) is 13.2 Å². The van der Waals surface area contributed by atoms with Crippen LogP contribution in [0.5, 0.6) is 0 Å². The Labute approximate surface area is 140 Å². The number of aryl methyl sites for hydroxylation is 1. The molecule has 0 aliphatic heterocycles. The molecule has 2 rings (SSSR count). The van der Waals surface area contributed by atoms with Crippen molar-refractivity contribution < 1.29 is 13.2 Å². The third kappa shape index (κ3) is 4.62. The van der Waals surface area contributed by atoms with Crippen molar-refractivity contribution in [1.29, 1.82) is 0 Å². The van der Waals surface area contributed by atoms with Gasteiger partial charge in [0.15, 0.2) is 11.6 Å². The van der Waals surface area contributed by atoms with Crippen LogP contribution in [-0.4, -0.2) is 14.1 Å². The number of halogens is 3. The first-order valence-electron chi connectivity index (χ1n) is 7.10. The first-order valence-corrected chi connectivity index (χ1v) is 7.55. The highest BCUT2D eigenvalue weighted by molar-refractivity contribution is 7.80. The molecule has 0 amide bonds. The molecule has 0 radical (unpaired) electrons. The molecular formula is C18H20F3NS. The van der Waals surface area contributed by atoms with Gasteiger partial charge in [-0.1, -0.05) is 37.8 Å². The number of thiol groups is 1. The lowest BCUT2D eigenvalue weighted by atomic mass is 9.97. The maximum absolute atomic E-state index is 13.9. The average molecular weight is 339 g/mol. The van der Waals surface area contributed by atoms with Crippen molar-refractivity contribution >= 4 is 18.2 Å². The molecule has 0 fully saturated rings. The standard InChI is InChI=1S/C16H13F3S.C2H7N/c1-3-10-4-6-11(7-5-10)9(2)14-12(17)8-13(18)15(19)16(14)20;1-3-2/h4-8,20H,2-3H2,1H3;3H,1-2H3. The lowest BCUT2D eigenvalue weighted by molar-refractivity contribution is 0.476. The minimum atomic E-state index is -1.26. The van der Waals surface area contributed by atoms with Crippen molar-refractivity contribution in [3.8, 4) is 0 Å². The molecule has 0 unspecified atom stereocenters. The highest BCUT2D eigenvalue weighted by Gasteiger charge is 2.19. The second-order valence-corrected chi connectivity index (χ2v) is 5.35. The zero-order valence-corrected chi connectivity index (χ0v) is 14.3. The van der Waals surface area contributed by atoms with Crippen LogP contribution in [0.3, 0.4) is 0 Å². The Morgan fingerprint density at radius 3 is 2.09 bits per heavy atom. The molecule has 0 heterocycles. The second-order valence-electron chi connectivity index (χ2n) is 4.91. The molecule has 0 saturated heterocycles. The van der Waals surface area contributed by atoms with Gasteiger partial charge in [0.1, 0.15) is 5.82 Å². The van der Waals surface area contributed by atoms with E-state index < -0.39 is 17.5 Å². The summed E-state index contributed by atoms with van der Waals surface area (Å²) in [7, 11) is 3.75. The number of hydrogen-bond donors (Lipinski definition) is 2. The van der Waals surface area contributed by atoms with Gasteiger partial charge in [-0.05, 0) is 37.2 Å². The van der Waals surface area contributed by atoms with Crippen molar-refractivity contribution in [2.75, 3.05) is 14.1 Å². The van der Waals surface area contributed by atoms with E-state index >= 15 is 0 Å². The Morgan fingerprint density at radius 1 is 1.09 bits per heavy atom. The van der Waals surface area contributed by atoms with Gasteiger partial charge in [-0.15, -0.1) is 12.6 Å². The summed E-state index contributed by atoms with van der Waals surface area (Å²) >= 11 is 3.86. The quantitative estimate of drug-likeness (QED) is 0.602. The van der Waals surface area contributed by atoms with E-state index in [1.165, 1.54) is 0 Å². The largest absolute Gasteiger partial charge is 0.323 e. The summed E-state index contributed by atoms with van der Waals surface area (Å²) in [6.07, 6.45) is 0.879. The van der Waals surface area contributed by atoms with Crippen LogP contribution in [0.25, 0.3) is 5.57 Å². The first-order chi connectivity index (χ1) is 10.9. The van der Waals surface area contributed by atoms with Gasteiger partial charge in [0, 0.05) is 11.6 Å². The summed E-state index contributed by atoms with van der Waals surface area (Å²) in [6, 6.07) is 7.83. The van der Waals surface area contributed by atoms with E-state index in [9.17, 15) is 13.2 Å². The zero-order valence-electron chi connectivity index (χ0n) is 13.4. The molecule has 0 atom stereocenters. The van der Waals surface area contributed by atoms with Gasteiger partial charge >= 0.3 is 0 Å². The summed E-state index contributed by atoms with van der Waals surface area (Å²) in [5.41, 5.74) is 1.92. The fourth-order valence-corrected chi connectivity index (χ4v) is 2.30. The Kier molecular flexibility index (Phi) is 7.39. The minimum Gasteiger partial charge on any atom is -0.323 e. The summed E-state index contributed by atoms with van der Waals surface area (Å²) < 4.78 is 40.5. The van der Waals surface area contributed by atoms with Gasteiger partial charge in [-0.3, -0.25) is 0 Å². The number of hydrogen-bond acceptors (Lipinski definition) is 2. The molecule has 124 valence electrons. The summed E-state index contributed by atoms with van der Waals surface area (Å²) in [6.45, 7) is 5.78. The third-order valence-electron chi connectivity index (χ3n) is 3.16. The van der Waals surface area contributed by atoms with Crippen LogP contribution in [0.2, 0.25) is 0 Å². The van der Waals surface area contributed by atoms with Crippen molar-refractivity contribution in [2.24, 2.45) is 0 Å². The molecule has 1 N–H and O–H groups in total. The van der Waals surface area contributed by atoms with Crippen LogP contribution >= 0.6 is 12.6 Å². The predicted molar refractivity (Wildman–Crippen MR) is 92.5 cm³/mol. The van der Waals surface area contributed by atoms with Crippen molar-refractivity contribution in [3.63, 3.8) is 0 Å². The first kappa shape index (κ1) is 19.3. The second kappa shape index (κ2) is 8.79. The maximum Gasteiger partial charge on any atom is 0.172 e. The van der Waals surface area contributed by atoms with E-state index in [0.29, 0.717) is 11.6 Å². The number of rotatable bonds is 3. The average Bonchev–Trinajstić information content (AvgIpc) is 2.53. The van der Waals surface area contributed by atoms with Gasteiger partial charge in [0.05, 0.1) is 4.90 Å². The Hall–Kier alpha value is -1.72. The van der Waals surface area contributed by atoms with E-state index in [-0.39, 0.29) is 16.0 Å². The van der Waals surface area contributed by atoms with Crippen molar-refractivity contribution in [1.82, 2.24) is 5.32 Å². The fourth-order valence-electron chi connectivity index (χ4n) is 1.96. The van der Waals surface area contributed by atoms with E-state index in [0.717, 1.165) is 12.0 Å².